The number of rotatable bonds is 2. The highest BCUT2D eigenvalue weighted by Gasteiger charge is 2.41. The van der Waals surface area contributed by atoms with Gasteiger partial charge in [-0.2, -0.15) is 5.10 Å². The van der Waals surface area contributed by atoms with Gasteiger partial charge in [-0.15, -0.1) is 0 Å². The van der Waals surface area contributed by atoms with Crippen LogP contribution in [0.4, 0.5) is 0 Å². The number of ketones is 1. The molecule has 0 saturated heterocycles. The standard InChI is InChI=1S/C18H23N3O3/c1-9-15(18(23)24-5)17(14-10(2)20-21(4)11(14)3)16-12(19-9)7-6-8-13(16)22/h17,19H,6-8H2,1-5H3/t17-/m0/s1. The molecule has 0 fully saturated rings. The van der Waals surface area contributed by atoms with Crippen molar-refractivity contribution in [2.24, 2.45) is 7.05 Å². The highest BCUT2D eigenvalue weighted by atomic mass is 16.5. The number of aryl methyl sites for hydroxylation is 2. The molecule has 0 amide bonds. The number of allylic oxidation sites excluding steroid dienone is 3. The molecule has 1 aromatic heterocycles. The number of carbonyl (C=O) groups excluding carboxylic acids is 2. The molecule has 1 aliphatic carbocycles. The Morgan fingerprint density at radius 1 is 1.29 bits per heavy atom. The van der Waals surface area contributed by atoms with Gasteiger partial charge in [0.25, 0.3) is 0 Å². The molecule has 2 heterocycles. The number of Topliss-reactive ketones (excluding diaryl/α,β-unsaturated/α-hetero) is 1. The second kappa shape index (κ2) is 5.92. The predicted octanol–water partition coefficient (Wildman–Crippen LogP) is 2.18. The smallest absolute Gasteiger partial charge is 0.336 e. The maximum atomic E-state index is 12.7. The molecule has 0 aromatic carbocycles. The Balaban J connectivity index is 2.28. The van der Waals surface area contributed by atoms with E-state index in [4.69, 9.17) is 4.74 Å². The van der Waals surface area contributed by atoms with Crippen LogP contribution in [0.3, 0.4) is 0 Å². The molecule has 3 rings (SSSR count). The SMILES string of the molecule is COC(=O)C1=C(C)NC2=C(C(=O)CCC2)[C@H]1c1c(C)nn(C)c1C. The van der Waals surface area contributed by atoms with E-state index in [1.54, 1.807) is 4.68 Å². The maximum absolute atomic E-state index is 12.7. The normalized spacial score (nSPS) is 20.9. The third kappa shape index (κ3) is 2.37. The molecule has 6 nitrogen and oxygen atoms in total. The first-order valence-electron chi connectivity index (χ1n) is 8.19. The number of hydrogen-bond donors (Lipinski definition) is 1. The molecule has 0 unspecified atom stereocenters. The highest BCUT2D eigenvalue weighted by molar-refractivity contribution is 6.03. The fraction of sp³-hybridized carbons (Fsp3) is 0.500. The van der Waals surface area contributed by atoms with Gasteiger partial charge in [-0.25, -0.2) is 4.79 Å². The van der Waals surface area contributed by atoms with E-state index in [1.807, 2.05) is 27.8 Å². The number of ether oxygens (including phenoxy) is 1. The lowest BCUT2D eigenvalue weighted by Gasteiger charge is -2.34. The molecule has 1 atom stereocenters. The Morgan fingerprint density at radius 3 is 2.58 bits per heavy atom. The highest BCUT2D eigenvalue weighted by Crippen LogP contribution is 2.44. The van der Waals surface area contributed by atoms with Crippen LogP contribution in [0.15, 0.2) is 22.5 Å². The molecule has 0 radical (unpaired) electrons. The number of hydrogen-bond acceptors (Lipinski definition) is 5. The average Bonchev–Trinajstić information content (AvgIpc) is 2.78. The molecule has 0 bridgehead atoms. The van der Waals surface area contributed by atoms with Crippen LogP contribution in [0.5, 0.6) is 0 Å². The van der Waals surface area contributed by atoms with E-state index in [-0.39, 0.29) is 5.78 Å². The third-order valence-corrected chi connectivity index (χ3v) is 5.03. The van der Waals surface area contributed by atoms with Crippen molar-refractivity contribution >= 4 is 11.8 Å². The lowest BCUT2D eigenvalue weighted by molar-refractivity contribution is -0.136. The third-order valence-electron chi connectivity index (χ3n) is 5.03. The Morgan fingerprint density at radius 2 is 2.00 bits per heavy atom. The molecule has 24 heavy (non-hydrogen) atoms. The second-order valence-electron chi connectivity index (χ2n) is 6.47. The van der Waals surface area contributed by atoms with Gasteiger partial charge in [-0.1, -0.05) is 0 Å². The lowest BCUT2D eigenvalue weighted by Crippen LogP contribution is -2.34. The van der Waals surface area contributed by atoms with Gasteiger partial charge in [0, 0.05) is 41.7 Å². The van der Waals surface area contributed by atoms with E-state index in [0.717, 1.165) is 41.2 Å². The molecule has 0 spiro atoms. The van der Waals surface area contributed by atoms with Crippen LogP contribution in [0.2, 0.25) is 0 Å². The van der Waals surface area contributed by atoms with Crippen LogP contribution in [-0.2, 0) is 21.4 Å². The maximum Gasteiger partial charge on any atom is 0.336 e. The molecule has 6 heteroatoms. The number of esters is 1. The first-order chi connectivity index (χ1) is 11.4. The summed E-state index contributed by atoms with van der Waals surface area (Å²) in [5.74, 6) is -0.710. The van der Waals surface area contributed by atoms with Crippen molar-refractivity contribution < 1.29 is 14.3 Å². The van der Waals surface area contributed by atoms with Gasteiger partial charge in [-0.05, 0) is 33.6 Å². The van der Waals surface area contributed by atoms with Gasteiger partial charge in [0.1, 0.15) is 0 Å². The van der Waals surface area contributed by atoms with Crippen molar-refractivity contribution in [2.45, 2.75) is 46.0 Å². The first-order valence-corrected chi connectivity index (χ1v) is 8.19. The van der Waals surface area contributed by atoms with Gasteiger partial charge in [0.15, 0.2) is 5.78 Å². The molecule has 1 aliphatic heterocycles. The summed E-state index contributed by atoms with van der Waals surface area (Å²) in [5.41, 5.74) is 5.62. The molecule has 1 aromatic rings. The number of nitrogens with zero attached hydrogens (tertiary/aromatic N) is 2. The van der Waals surface area contributed by atoms with Gasteiger partial charge < -0.3 is 10.1 Å². The molecule has 128 valence electrons. The minimum absolute atomic E-state index is 0.102. The average molecular weight is 329 g/mol. The summed E-state index contributed by atoms with van der Waals surface area (Å²) in [5, 5.41) is 7.75. The molecule has 1 N–H and O–H groups in total. The van der Waals surface area contributed by atoms with Gasteiger partial charge in [-0.3, -0.25) is 9.48 Å². The fourth-order valence-electron chi connectivity index (χ4n) is 3.86. The van der Waals surface area contributed by atoms with Crippen molar-refractivity contribution in [3.63, 3.8) is 0 Å². The topological polar surface area (TPSA) is 73.2 Å². The van der Waals surface area contributed by atoms with Crippen LogP contribution < -0.4 is 5.32 Å². The van der Waals surface area contributed by atoms with Crippen LogP contribution in [0.1, 0.15) is 49.1 Å². The summed E-state index contributed by atoms with van der Waals surface area (Å²) in [4.78, 5) is 25.2. The summed E-state index contributed by atoms with van der Waals surface area (Å²) in [6.07, 6.45) is 2.17. The lowest BCUT2D eigenvalue weighted by atomic mass is 9.74. The number of dihydropyridines is 1. The summed E-state index contributed by atoms with van der Waals surface area (Å²) in [7, 11) is 3.24. The summed E-state index contributed by atoms with van der Waals surface area (Å²) < 4.78 is 6.81. The predicted molar refractivity (Wildman–Crippen MR) is 89.2 cm³/mol. The van der Waals surface area contributed by atoms with Crippen molar-refractivity contribution in [3.8, 4) is 0 Å². The summed E-state index contributed by atoms with van der Waals surface area (Å²) in [6.45, 7) is 5.75. The van der Waals surface area contributed by atoms with Crippen molar-refractivity contribution in [3.05, 3.63) is 39.5 Å². The van der Waals surface area contributed by atoms with E-state index in [1.165, 1.54) is 7.11 Å². The quantitative estimate of drug-likeness (QED) is 0.842. The van der Waals surface area contributed by atoms with Crippen molar-refractivity contribution in [2.75, 3.05) is 7.11 Å². The molecular formula is C18H23N3O3. The zero-order valence-electron chi connectivity index (χ0n) is 14.8. The Kier molecular flexibility index (Phi) is 4.07. The van der Waals surface area contributed by atoms with Gasteiger partial charge in [0.05, 0.1) is 24.3 Å². The van der Waals surface area contributed by atoms with E-state index in [0.29, 0.717) is 17.6 Å². The monoisotopic (exact) mass is 329 g/mol. The zero-order chi connectivity index (χ0) is 17.6. The number of carbonyl (C=O) groups is 2. The number of methoxy groups -OCH3 is 1. The Labute approximate surface area is 141 Å². The van der Waals surface area contributed by atoms with Gasteiger partial charge in [0.2, 0.25) is 0 Å². The minimum Gasteiger partial charge on any atom is -0.466 e. The van der Waals surface area contributed by atoms with E-state index >= 15 is 0 Å². The largest absolute Gasteiger partial charge is 0.466 e. The molecule has 2 aliphatic rings. The van der Waals surface area contributed by atoms with Crippen LogP contribution in [0, 0.1) is 13.8 Å². The molecule has 0 saturated carbocycles. The van der Waals surface area contributed by atoms with E-state index < -0.39 is 11.9 Å². The van der Waals surface area contributed by atoms with E-state index in [9.17, 15) is 9.59 Å². The zero-order valence-corrected chi connectivity index (χ0v) is 14.8. The minimum atomic E-state index is -0.407. The number of aromatic nitrogens is 2. The number of nitrogens with one attached hydrogen (secondary N) is 1. The molecular weight excluding hydrogens is 306 g/mol. The summed E-state index contributed by atoms with van der Waals surface area (Å²) in [6, 6.07) is 0. The fourth-order valence-corrected chi connectivity index (χ4v) is 3.86. The Bertz CT molecular complexity index is 799. The van der Waals surface area contributed by atoms with Crippen LogP contribution in [-0.4, -0.2) is 28.6 Å². The van der Waals surface area contributed by atoms with E-state index in [2.05, 4.69) is 10.4 Å². The second-order valence-corrected chi connectivity index (χ2v) is 6.47. The Hall–Kier alpha value is -2.37. The van der Waals surface area contributed by atoms with Crippen molar-refractivity contribution in [1.82, 2.24) is 15.1 Å². The first kappa shape index (κ1) is 16.5. The van der Waals surface area contributed by atoms with Gasteiger partial charge >= 0.3 is 5.97 Å². The van der Waals surface area contributed by atoms with Crippen LogP contribution >= 0.6 is 0 Å². The van der Waals surface area contributed by atoms with Crippen molar-refractivity contribution in [1.29, 1.82) is 0 Å². The summed E-state index contributed by atoms with van der Waals surface area (Å²) >= 11 is 0. The van der Waals surface area contributed by atoms with Crippen LogP contribution in [0.25, 0.3) is 0 Å².